The van der Waals surface area contributed by atoms with Gasteiger partial charge in [0, 0.05) is 22.1 Å². The molecule has 0 aliphatic carbocycles. The Balaban J connectivity index is 2.20. The van der Waals surface area contributed by atoms with Crippen LogP contribution in [0.4, 0.5) is 0 Å². The maximum atomic E-state index is 12.6. The maximum absolute atomic E-state index is 12.6. The molecule has 0 saturated heterocycles. The van der Waals surface area contributed by atoms with Gasteiger partial charge in [-0.1, -0.05) is 30.7 Å². The van der Waals surface area contributed by atoms with Crippen LogP contribution in [-0.4, -0.2) is 26.0 Å². The number of carbonyl (C=O) groups is 2. The van der Waals surface area contributed by atoms with Gasteiger partial charge in [-0.15, -0.1) is 0 Å². The number of esters is 1. The largest absolute Gasteiger partial charge is 0.497 e. The van der Waals surface area contributed by atoms with Crippen LogP contribution in [0.25, 0.3) is 6.08 Å². The molecule has 0 aromatic heterocycles. The summed E-state index contributed by atoms with van der Waals surface area (Å²) in [6, 6.07) is 14.0. The van der Waals surface area contributed by atoms with Gasteiger partial charge in [-0.2, -0.15) is 0 Å². The van der Waals surface area contributed by atoms with Crippen molar-refractivity contribution in [1.29, 1.82) is 0 Å². The lowest BCUT2D eigenvalue weighted by Gasteiger charge is -2.13. The van der Waals surface area contributed by atoms with Crippen LogP contribution in [0.15, 0.2) is 54.1 Å². The quantitative estimate of drug-likeness (QED) is 0.397. The Morgan fingerprint density at radius 3 is 2.19 bits per heavy atom. The molecule has 0 unspecified atom stereocenters. The Hall–Kier alpha value is -2.59. The van der Waals surface area contributed by atoms with Crippen LogP contribution >= 0.6 is 11.6 Å². The Morgan fingerprint density at radius 2 is 1.65 bits per heavy atom. The molecule has 0 amide bonds. The molecule has 1 atom stereocenters. The first-order valence-electron chi connectivity index (χ1n) is 8.17. The first kappa shape index (κ1) is 19.7. The topological polar surface area (TPSA) is 52.6 Å². The van der Waals surface area contributed by atoms with Crippen molar-refractivity contribution in [2.75, 3.05) is 14.2 Å². The van der Waals surface area contributed by atoms with Crippen molar-refractivity contribution in [3.05, 3.63) is 70.3 Å². The molecule has 0 N–H and O–H groups in total. The lowest BCUT2D eigenvalue weighted by atomic mass is 9.92. The summed E-state index contributed by atoms with van der Waals surface area (Å²) in [5.74, 6) is -0.143. The molecule has 5 heteroatoms. The van der Waals surface area contributed by atoms with E-state index in [4.69, 9.17) is 21.1 Å². The minimum absolute atomic E-state index is 0.0498. The maximum Gasteiger partial charge on any atom is 0.333 e. The van der Waals surface area contributed by atoms with Crippen molar-refractivity contribution in [2.24, 2.45) is 5.92 Å². The molecule has 0 radical (unpaired) electrons. The van der Waals surface area contributed by atoms with E-state index in [1.807, 2.05) is 24.3 Å². The molecule has 136 valence electrons. The number of halogens is 1. The standard InChI is InChI=1S/C21H21ClO4/c1-14(20(23)16-6-8-18(22)9-7-16)12-17(21(24)26-3)13-15-4-10-19(25-2)11-5-15/h4-11,13-14H,12H2,1-3H3/b17-13+/t14-/m1/s1. The van der Waals surface area contributed by atoms with Crippen molar-refractivity contribution in [2.45, 2.75) is 13.3 Å². The molecule has 2 rings (SSSR count). The number of methoxy groups -OCH3 is 2. The SMILES string of the molecule is COC(=O)/C(=C/c1ccc(OC)cc1)C[C@@H](C)C(=O)c1ccc(Cl)cc1. The molecule has 0 spiro atoms. The average molecular weight is 373 g/mol. The van der Waals surface area contributed by atoms with Gasteiger partial charge in [0.25, 0.3) is 0 Å². The molecule has 2 aromatic carbocycles. The highest BCUT2D eigenvalue weighted by Gasteiger charge is 2.20. The number of hydrogen-bond acceptors (Lipinski definition) is 4. The minimum atomic E-state index is -0.448. The van der Waals surface area contributed by atoms with Gasteiger partial charge in [0.1, 0.15) is 5.75 Å². The van der Waals surface area contributed by atoms with Crippen LogP contribution in [0.1, 0.15) is 29.3 Å². The normalized spacial score (nSPS) is 12.4. The second kappa shape index (κ2) is 9.20. The third kappa shape index (κ3) is 5.20. The second-order valence-electron chi connectivity index (χ2n) is 5.91. The molecule has 0 aliphatic rings. The Morgan fingerprint density at radius 1 is 1.04 bits per heavy atom. The number of ketones is 1. The Kier molecular flexibility index (Phi) is 6.98. The number of ether oxygens (including phenoxy) is 2. The summed E-state index contributed by atoms with van der Waals surface area (Å²) in [6.45, 7) is 1.79. The van der Waals surface area contributed by atoms with Gasteiger partial charge in [-0.25, -0.2) is 4.79 Å². The summed E-state index contributed by atoms with van der Waals surface area (Å²) in [6.07, 6.45) is 2.01. The molecule has 2 aromatic rings. The van der Waals surface area contributed by atoms with E-state index < -0.39 is 5.97 Å². The smallest absolute Gasteiger partial charge is 0.333 e. The predicted molar refractivity (Wildman–Crippen MR) is 103 cm³/mol. The number of rotatable bonds is 7. The number of Topliss-reactive ketones (excluding diaryl/α,β-unsaturated/α-hetero) is 1. The Labute approximate surface area is 158 Å². The van der Waals surface area contributed by atoms with Crippen LogP contribution in [0.5, 0.6) is 5.75 Å². The highest BCUT2D eigenvalue weighted by atomic mass is 35.5. The zero-order valence-electron chi connectivity index (χ0n) is 15.0. The number of hydrogen-bond donors (Lipinski definition) is 0. The van der Waals surface area contributed by atoms with Crippen LogP contribution in [0, 0.1) is 5.92 Å². The van der Waals surface area contributed by atoms with Crippen molar-refractivity contribution in [1.82, 2.24) is 0 Å². The highest BCUT2D eigenvalue weighted by molar-refractivity contribution is 6.30. The molecule has 0 aliphatic heterocycles. The van der Waals surface area contributed by atoms with E-state index in [9.17, 15) is 9.59 Å². The van der Waals surface area contributed by atoms with Crippen LogP contribution < -0.4 is 4.74 Å². The van der Waals surface area contributed by atoms with E-state index >= 15 is 0 Å². The molecule has 0 heterocycles. The third-order valence-electron chi connectivity index (χ3n) is 4.01. The summed E-state index contributed by atoms with van der Waals surface area (Å²) >= 11 is 5.86. The van der Waals surface area contributed by atoms with Gasteiger partial charge in [0.15, 0.2) is 5.78 Å². The summed E-state index contributed by atoms with van der Waals surface area (Å²) < 4.78 is 10.0. The van der Waals surface area contributed by atoms with Gasteiger partial charge < -0.3 is 9.47 Å². The van der Waals surface area contributed by atoms with Gasteiger partial charge in [-0.05, 0) is 54.5 Å². The summed E-state index contributed by atoms with van der Waals surface area (Å²) in [5.41, 5.74) is 1.83. The van der Waals surface area contributed by atoms with Gasteiger partial charge >= 0.3 is 5.97 Å². The van der Waals surface area contributed by atoms with Gasteiger partial charge in [0.2, 0.25) is 0 Å². The Bertz CT molecular complexity index is 792. The van der Waals surface area contributed by atoms with Gasteiger partial charge in [-0.3, -0.25) is 4.79 Å². The zero-order valence-corrected chi connectivity index (χ0v) is 15.7. The predicted octanol–water partition coefficient (Wildman–Crippen LogP) is 4.81. The van der Waals surface area contributed by atoms with E-state index in [1.54, 1.807) is 44.4 Å². The average Bonchev–Trinajstić information content (AvgIpc) is 2.67. The van der Waals surface area contributed by atoms with E-state index in [0.29, 0.717) is 16.2 Å². The zero-order chi connectivity index (χ0) is 19.1. The van der Waals surface area contributed by atoms with E-state index in [2.05, 4.69) is 0 Å². The van der Waals surface area contributed by atoms with E-state index in [1.165, 1.54) is 7.11 Å². The molecule has 0 fully saturated rings. The molecular weight excluding hydrogens is 352 g/mol. The fourth-order valence-corrected chi connectivity index (χ4v) is 2.68. The number of benzene rings is 2. The van der Waals surface area contributed by atoms with E-state index in [0.717, 1.165) is 11.3 Å². The number of carbonyl (C=O) groups excluding carboxylic acids is 2. The fraction of sp³-hybridized carbons (Fsp3) is 0.238. The van der Waals surface area contributed by atoms with Crippen molar-refractivity contribution < 1.29 is 19.1 Å². The monoisotopic (exact) mass is 372 g/mol. The molecular formula is C21H21ClO4. The molecule has 4 nitrogen and oxygen atoms in total. The fourth-order valence-electron chi connectivity index (χ4n) is 2.55. The van der Waals surface area contributed by atoms with E-state index in [-0.39, 0.29) is 18.1 Å². The van der Waals surface area contributed by atoms with Crippen molar-refractivity contribution >= 4 is 29.4 Å². The molecule has 26 heavy (non-hydrogen) atoms. The third-order valence-corrected chi connectivity index (χ3v) is 4.26. The lowest BCUT2D eigenvalue weighted by Crippen LogP contribution is -2.16. The summed E-state index contributed by atoms with van der Waals surface area (Å²) in [4.78, 5) is 24.7. The van der Waals surface area contributed by atoms with Crippen molar-refractivity contribution in [3.8, 4) is 5.75 Å². The van der Waals surface area contributed by atoms with Crippen LogP contribution in [0.2, 0.25) is 5.02 Å². The van der Waals surface area contributed by atoms with Crippen LogP contribution in [0.3, 0.4) is 0 Å². The first-order valence-corrected chi connectivity index (χ1v) is 8.55. The lowest BCUT2D eigenvalue weighted by molar-refractivity contribution is -0.136. The van der Waals surface area contributed by atoms with Crippen LogP contribution in [-0.2, 0) is 9.53 Å². The highest BCUT2D eigenvalue weighted by Crippen LogP contribution is 2.22. The minimum Gasteiger partial charge on any atom is -0.497 e. The second-order valence-corrected chi connectivity index (χ2v) is 6.35. The molecule has 0 saturated carbocycles. The molecule has 0 bridgehead atoms. The van der Waals surface area contributed by atoms with Crippen molar-refractivity contribution in [3.63, 3.8) is 0 Å². The van der Waals surface area contributed by atoms with Gasteiger partial charge in [0.05, 0.1) is 14.2 Å². The summed E-state index contributed by atoms with van der Waals surface area (Å²) in [5, 5.41) is 0.573. The first-order chi connectivity index (χ1) is 12.4. The summed E-state index contributed by atoms with van der Waals surface area (Å²) in [7, 11) is 2.92.